The molecule has 2 aliphatic rings. The average molecular weight is 478 g/mol. The number of benzene rings is 2. The minimum absolute atomic E-state index is 0.0000480. The molecule has 7 nitrogen and oxygen atoms in total. The Labute approximate surface area is 195 Å². The number of hydrogen-bond donors (Lipinski definition) is 0. The lowest BCUT2D eigenvalue weighted by molar-refractivity contribution is -0.152. The van der Waals surface area contributed by atoms with Gasteiger partial charge in [-0.2, -0.15) is 0 Å². The van der Waals surface area contributed by atoms with E-state index in [9.17, 15) is 14.4 Å². The zero-order chi connectivity index (χ0) is 23.2. The van der Waals surface area contributed by atoms with E-state index in [0.717, 1.165) is 4.90 Å². The van der Waals surface area contributed by atoms with Crippen molar-refractivity contribution in [2.24, 2.45) is 11.8 Å². The van der Waals surface area contributed by atoms with E-state index in [2.05, 4.69) is 0 Å². The van der Waals surface area contributed by atoms with Gasteiger partial charge in [0.15, 0.2) is 0 Å². The molecule has 9 heteroatoms. The SMILES string of the molecule is CCOC(=O)[C@@H]1[C@H]2C(=O)N(Cc3ccc(OC)cc3OC)C(=O)[C@]12c1ccc(Cl)c(Cl)c1. The van der Waals surface area contributed by atoms with Crippen LogP contribution in [-0.4, -0.2) is 43.5 Å². The summed E-state index contributed by atoms with van der Waals surface area (Å²) in [5.74, 6) is -2.16. The molecule has 0 aromatic heterocycles. The topological polar surface area (TPSA) is 82.1 Å². The van der Waals surface area contributed by atoms with Gasteiger partial charge in [0, 0.05) is 11.6 Å². The number of fused-ring (bicyclic) bond motifs is 1. The fourth-order valence-electron chi connectivity index (χ4n) is 4.58. The van der Waals surface area contributed by atoms with Crippen LogP contribution in [0.1, 0.15) is 18.1 Å². The third kappa shape index (κ3) is 3.22. The second-order valence-corrected chi connectivity index (χ2v) is 8.43. The van der Waals surface area contributed by atoms with Crippen molar-refractivity contribution in [1.29, 1.82) is 0 Å². The van der Waals surface area contributed by atoms with E-state index in [1.54, 1.807) is 43.3 Å². The Morgan fingerprint density at radius 3 is 2.44 bits per heavy atom. The van der Waals surface area contributed by atoms with Gasteiger partial charge in [-0.05, 0) is 36.8 Å². The van der Waals surface area contributed by atoms with Crippen molar-refractivity contribution < 1.29 is 28.6 Å². The standard InChI is InChI=1S/C23H21Cl2NO6/c1-4-32-21(28)19-18-20(27)26(11-12-5-7-14(30-2)10-17(12)31-3)22(29)23(18,19)13-6-8-15(24)16(25)9-13/h5-10,18-19H,4,11H2,1-3H3/t18-,19-,23-/m0/s1. The molecule has 0 spiro atoms. The number of amides is 2. The number of likely N-dealkylation sites (tertiary alicyclic amines) is 1. The van der Waals surface area contributed by atoms with Gasteiger partial charge in [-0.1, -0.05) is 29.3 Å². The van der Waals surface area contributed by atoms with Gasteiger partial charge in [-0.25, -0.2) is 0 Å². The van der Waals surface area contributed by atoms with Crippen molar-refractivity contribution in [1.82, 2.24) is 4.90 Å². The normalized spacial score (nSPS) is 23.7. The zero-order valence-electron chi connectivity index (χ0n) is 17.7. The number of ether oxygens (including phenoxy) is 3. The molecule has 1 heterocycles. The molecule has 0 bridgehead atoms. The molecule has 1 saturated carbocycles. The average Bonchev–Trinajstić information content (AvgIpc) is 3.44. The maximum absolute atomic E-state index is 13.7. The van der Waals surface area contributed by atoms with Crippen LogP contribution in [-0.2, 0) is 31.1 Å². The lowest BCUT2D eigenvalue weighted by Gasteiger charge is -2.23. The maximum Gasteiger partial charge on any atom is 0.311 e. The maximum atomic E-state index is 13.7. The predicted octanol–water partition coefficient (Wildman–Crippen LogP) is 3.63. The Bertz CT molecular complexity index is 1120. The molecule has 0 radical (unpaired) electrons. The molecule has 0 N–H and O–H groups in total. The second-order valence-electron chi connectivity index (χ2n) is 7.61. The van der Waals surface area contributed by atoms with Crippen LogP contribution in [0.5, 0.6) is 11.5 Å². The Hall–Kier alpha value is -2.77. The molecule has 1 saturated heterocycles. The van der Waals surface area contributed by atoms with Crippen LogP contribution in [0, 0.1) is 11.8 Å². The van der Waals surface area contributed by atoms with E-state index < -0.39 is 35.0 Å². The number of methoxy groups -OCH3 is 2. The van der Waals surface area contributed by atoms with Gasteiger partial charge in [0.05, 0.1) is 49.3 Å². The Morgan fingerprint density at radius 1 is 1.06 bits per heavy atom. The highest BCUT2D eigenvalue weighted by molar-refractivity contribution is 6.42. The Morgan fingerprint density at radius 2 is 1.81 bits per heavy atom. The number of rotatable bonds is 7. The third-order valence-electron chi connectivity index (χ3n) is 6.10. The quantitative estimate of drug-likeness (QED) is 0.447. The first kappa shape index (κ1) is 22.4. The number of hydrogen-bond acceptors (Lipinski definition) is 6. The van der Waals surface area contributed by atoms with Crippen LogP contribution in [0.4, 0.5) is 0 Å². The van der Waals surface area contributed by atoms with Crippen molar-refractivity contribution in [2.75, 3.05) is 20.8 Å². The van der Waals surface area contributed by atoms with Gasteiger partial charge in [0.2, 0.25) is 11.8 Å². The first-order valence-corrected chi connectivity index (χ1v) is 10.8. The highest BCUT2D eigenvalue weighted by Crippen LogP contribution is 2.66. The fourth-order valence-corrected chi connectivity index (χ4v) is 4.87. The van der Waals surface area contributed by atoms with Gasteiger partial charge in [-0.3, -0.25) is 19.3 Å². The molecule has 1 aliphatic carbocycles. The van der Waals surface area contributed by atoms with Crippen molar-refractivity contribution in [3.05, 3.63) is 57.6 Å². The van der Waals surface area contributed by atoms with E-state index in [1.807, 2.05) is 0 Å². The van der Waals surface area contributed by atoms with Crippen molar-refractivity contribution >= 4 is 41.0 Å². The molecule has 2 amide bonds. The van der Waals surface area contributed by atoms with Crippen LogP contribution in [0.3, 0.4) is 0 Å². The van der Waals surface area contributed by atoms with Crippen molar-refractivity contribution in [2.45, 2.75) is 18.9 Å². The highest BCUT2D eigenvalue weighted by Gasteiger charge is 2.83. The van der Waals surface area contributed by atoms with Gasteiger partial charge >= 0.3 is 5.97 Å². The molecule has 168 valence electrons. The van der Waals surface area contributed by atoms with Crippen molar-refractivity contribution in [3.8, 4) is 11.5 Å². The molecule has 1 aliphatic heterocycles. The van der Waals surface area contributed by atoms with E-state index >= 15 is 0 Å². The number of esters is 1. The van der Waals surface area contributed by atoms with Crippen LogP contribution < -0.4 is 9.47 Å². The lowest BCUT2D eigenvalue weighted by atomic mass is 9.91. The Kier molecular flexibility index (Phi) is 5.81. The first-order valence-electron chi connectivity index (χ1n) is 10.00. The molecular weight excluding hydrogens is 457 g/mol. The summed E-state index contributed by atoms with van der Waals surface area (Å²) in [5.41, 5.74) is -0.247. The number of imide groups is 1. The summed E-state index contributed by atoms with van der Waals surface area (Å²) < 4.78 is 15.8. The van der Waals surface area contributed by atoms with Crippen LogP contribution in [0.25, 0.3) is 0 Å². The summed E-state index contributed by atoms with van der Waals surface area (Å²) in [7, 11) is 3.03. The van der Waals surface area contributed by atoms with E-state index in [4.69, 9.17) is 37.4 Å². The second kappa shape index (κ2) is 8.30. The number of carbonyl (C=O) groups is 3. The molecule has 32 heavy (non-hydrogen) atoms. The minimum Gasteiger partial charge on any atom is -0.497 e. The monoisotopic (exact) mass is 477 g/mol. The number of piperidine rings is 1. The van der Waals surface area contributed by atoms with Crippen LogP contribution >= 0.6 is 23.2 Å². The summed E-state index contributed by atoms with van der Waals surface area (Å²) in [6.45, 7) is 1.82. The molecule has 0 unspecified atom stereocenters. The van der Waals surface area contributed by atoms with Gasteiger partial charge in [-0.15, -0.1) is 0 Å². The summed E-state index contributed by atoms with van der Waals surface area (Å²) in [4.78, 5) is 40.8. The van der Waals surface area contributed by atoms with E-state index in [1.165, 1.54) is 14.2 Å². The summed E-state index contributed by atoms with van der Waals surface area (Å²) in [6, 6.07) is 9.86. The summed E-state index contributed by atoms with van der Waals surface area (Å²) >= 11 is 12.2. The fraction of sp³-hybridized carbons (Fsp3) is 0.348. The molecular formula is C23H21Cl2NO6. The predicted molar refractivity (Wildman–Crippen MR) is 117 cm³/mol. The number of carbonyl (C=O) groups excluding carboxylic acids is 3. The molecule has 2 fully saturated rings. The largest absolute Gasteiger partial charge is 0.497 e. The highest BCUT2D eigenvalue weighted by atomic mass is 35.5. The third-order valence-corrected chi connectivity index (χ3v) is 6.84. The summed E-state index contributed by atoms with van der Waals surface area (Å²) in [5, 5.41) is 0.552. The van der Waals surface area contributed by atoms with Gasteiger partial charge < -0.3 is 14.2 Å². The minimum atomic E-state index is -1.35. The van der Waals surface area contributed by atoms with Gasteiger partial charge in [0.25, 0.3) is 0 Å². The zero-order valence-corrected chi connectivity index (χ0v) is 19.2. The number of halogens is 2. The molecule has 4 rings (SSSR count). The molecule has 2 aromatic carbocycles. The van der Waals surface area contributed by atoms with Crippen molar-refractivity contribution in [3.63, 3.8) is 0 Å². The summed E-state index contributed by atoms with van der Waals surface area (Å²) in [6.07, 6.45) is 0. The molecule has 3 atom stereocenters. The van der Waals surface area contributed by atoms with E-state index in [-0.39, 0.29) is 18.2 Å². The number of nitrogens with zero attached hydrogens (tertiary/aromatic N) is 1. The van der Waals surface area contributed by atoms with E-state index in [0.29, 0.717) is 27.6 Å². The smallest absolute Gasteiger partial charge is 0.311 e. The lowest BCUT2D eigenvalue weighted by Crippen LogP contribution is -2.40. The van der Waals surface area contributed by atoms with Crippen LogP contribution in [0.15, 0.2) is 36.4 Å². The Balaban J connectivity index is 1.73. The van der Waals surface area contributed by atoms with Crippen LogP contribution in [0.2, 0.25) is 10.0 Å². The molecule has 2 aromatic rings. The first-order chi connectivity index (χ1) is 15.3. The van der Waals surface area contributed by atoms with Gasteiger partial charge in [0.1, 0.15) is 16.9 Å².